The van der Waals surface area contributed by atoms with Crippen LogP contribution in [0.25, 0.3) is 0 Å². The highest BCUT2D eigenvalue weighted by Gasteiger charge is 2.28. The molecule has 0 aliphatic carbocycles. The molecule has 2 unspecified atom stereocenters. The van der Waals surface area contributed by atoms with E-state index in [1.807, 2.05) is 36.4 Å². The van der Waals surface area contributed by atoms with E-state index in [2.05, 4.69) is 4.98 Å². The number of aromatic nitrogens is 2. The summed E-state index contributed by atoms with van der Waals surface area (Å²) >= 11 is 0. The van der Waals surface area contributed by atoms with Gasteiger partial charge in [-0.05, 0) is 36.2 Å². The summed E-state index contributed by atoms with van der Waals surface area (Å²) in [7, 11) is -3.07. The summed E-state index contributed by atoms with van der Waals surface area (Å²) in [5, 5.41) is -0.598. The summed E-state index contributed by atoms with van der Waals surface area (Å²) in [6, 6.07) is 17.1. The number of carbonyl (C=O) groups excluding carboxylic acids is 1. The van der Waals surface area contributed by atoms with Gasteiger partial charge in [0.15, 0.2) is 5.82 Å². The van der Waals surface area contributed by atoms with E-state index in [1.165, 1.54) is 11.6 Å². The molecule has 9 nitrogen and oxygen atoms in total. The average Bonchev–Trinajstić information content (AvgIpc) is 3.13. The van der Waals surface area contributed by atoms with Gasteiger partial charge >= 0.3 is 10.1 Å². The topological polar surface area (TPSA) is 151 Å². The number of carbonyl (C=O) groups is 1. The van der Waals surface area contributed by atoms with Crippen LogP contribution in [-0.2, 0) is 28.4 Å². The van der Waals surface area contributed by atoms with Crippen LogP contribution in [0, 0.1) is 0 Å². The standard InChI is InChI=1S/C21H24N4O5S/c1-25-13-18(31(27,28)29)24-21(25)19(20(23)26)30-17-9-5-8-15(11-17)16(12-22)10-14-6-3-2-4-7-14/h2-9,11,13,16,19H,10,12,22H2,1H3,(H2,23,26)(H,27,28,29). The highest BCUT2D eigenvalue weighted by Crippen LogP contribution is 2.27. The Kier molecular flexibility index (Phi) is 6.74. The Balaban J connectivity index is 1.87. The van der Waals surface area contributed by atoms with E-state index in [-0.39, 0.29) is 11.7 Å². The molecule has 0 bridgehead atoms. The zero-order valence-electron chi connectivity index (χ0n) is 16.9. The molecule has 1 heterocycles. The summed E-state index contributed by atoms with van der Waals surface area (Å²) in [6.45, 7) is 0.411. The zero-order valence-corrected chi connectivity index (χ0v) is 17.7. The van der Waals surface area contributed by atoms with Crippen molar-refractivity contribution < 1.29 is 22.5 Å². The van der Waals surface area contributed by atoms with Gasteiger partial charge in [0.2, 0.25) is 11.1 Å². The van der Waals surface area contributed by atoms with Crippen LogP contribution in [0.15, 0.2) is 65.8 Å². The highest BCUT2D eigenvalue weighted by atomic mass is 32.2. The maximum absolute atomic E-state index is 12.0. The van der Waals surface area contributed by atoms with E-state index < -0.39 is 27.2 Å². The molecule has 3 rings (SSSR count). The van der Waals surface area contributed by atoms with Gasteiger partial charge in [-0.3, -0.25) is 9.35 Å². The van der Waals surface area contributed by atoms with Crippen molar-refractivity contribution in [2.75, 3.05) is 6.54 Å². The van der Waals surface area contributed by atoms with Crippen molar-refractivity contribution in [3.05, 3.63) is 77.7 Å². The van der Waals surface area contributed by atoms with Crippen LogP contribution in [0.1, 0.15) is 29.0 Å². The molecule has 0 radical (unpaired) electrons. The minimum Gasteiger partial charge on any atom is -0.473 e. The fraction of sp³-hybridized carbons (Fsp3) is 0.238. The number of hydrogen-bond acceptors (Lipinski definition) is 6. The van der Waals surface area contributed by atoms with Crippen LogP contribution < -0.4 is 16.2 Å². The Morgan fingerprint density at radius 3 is 2.48 bits per heavy atom. The van der Waals surface area contributed by atoms with Crippen LogP contribution in [0.3, 0.4) is 0 Å². The molecular weight excluding hydrogens is 420 g/mol. The Morgan fingerprint density at radius 2 is 1.90 bits per heavy atom. The summed E-state index contributed by atoms with van der Waals surface area (Å²) < 4.78 is 39.0. The van der Waals surface area contributed by atoms with Crippen molar-refractivity contribution >= 4 is 16.0 Å². The van der Waals surface area contributed by atoms with E-state index in [1.54, 1.807) is 18.2 Å². The smallest absolute Gasteiger partial charge is 0.313 e. The largest absolute Gasteiger partial charge is 0.473 e. The first-order valence-electron chi connectivity index (χ1n) is 9.49. The van der Waals surface area contributed by atoms with Gasteiger partial charge in [-0.25, -0.2) is 4.98 Å². The van der Waals surface area contributed by atoms with Gasteiger partial charge in [0.05, 0.1) is 0 Å². The molecule has 164 valence electrons. The number of benzene rings is 2. The molecule has 0 saturated carbocycles. The van der Waals surface area contributed by atoms with Gasteiger partial charge in [0.25, 0.3) is 5.91 Å². The Labute approximate surface area is 180 Å². The Hall–Kier alpha value is -3.21. The molecule has 5 N–H and O–H groups in total. The number of nitrogens with two attached hydrogens (primary N) is 2. The summed E-state index contributed by atoms with van der Waals surface area (Å²) in [4.78, 5) is 15.9. The monoisotopic (exact) mass is 444 g/mol. The first-order chi connectivity index (χ1) is 14.7. The second kappa shape index (κ2) is 9.29. The molecule has 0 spiro atoms. The van der Waals surface area contributed by atoms with Crippen LogP contribution in [0.4, 0.5) is 0 Å². The van der Waals surface area contributed by atoms with Crippen molar-refractivity contribution in [2.45, 2.75) is 23.5 Å². The van der Waals surface area contributed by atoms with Gasteiger partial charge in [0.1, 0.15) is 5.75 Å². The molecule has 0 saturated heterocycles. The summed E-state index contributed by atoms with van der Waals surface area (Å²) in [6.07, 6.45) is 0.447. The Morgan fingerprint density at radius 1 is 1.19 bits per heavy atom. The highest BCUT2D eigenvalue weighted by molar-refractivity contribution is 7.85. The number of ether oxygens (including phenoxy) is 1. The van der Waals surface area contributed by atoms with Crippen molar-refractivity contribution in [1.29, 1.82) is 0 Å². The predicted octanol–water partition coefficient (Wildman–Crippen LogP) is 1.56. The minimum atomic E-state index is -4.54. The molecule has 0 aliphatic rings. The SMILES string of the molecule is Cn1cc(S(=O)(=O)O)nc1C(Oc1cccc(C(CN)Cc2ccccc2)c1)C(N)=O. The first kappa shape index (κ1) is 22.5. The number of amides is 1. The van der Waals surface area contributed by atoms with Crippen LogP contribution in [0.2, 0.25) is 0 Å². The number of hydrogen-bond donors (Lipinski definition) is 3. The normalized spacial score (nSPS) is 13.5. The van der Waals surface area contributed by atoms with Gasteiger partial charge in [0, 0.05) is 19.2 Å². The third kappa shape index (κ3) is 5.48. The molecule has 1 aromatic heterocycles. The lowest BCUT2D eigenvalue weighted by molar-refractivity contribution is -0.125. The summed E-state index contributed by atoms with van der Waals surface area (Å²) in [5.74, 6) is -0.535. The molecule has 1 amide bonds. The molecule has 0 aliphatic heterocycles. The maximum atomic E-state index is 12.0. The number of imidazole rings is 1. The summed E-state index contributed by atoms with van der Waals surface area (Å²) in [5.41, 5.74) is 13.5. The minimum absolute atomic E-state index is 0.0253. The Bertz CT molecular complexity index is 1160. The fourth-order valence-corrected chi connectivity index (χ4v) is 3.77. The molecule has 2 atom stereocenters. The van der Waals surface area contributed by atoms with Gasteiger partial charge in [-0.1, -0.05) is 42.5 Å². The number of aryl methyl sites for hydroxylation is 1. The third-order valence-corrected chi connectivity index (χ3v) is 5.57. The second-order valence-corrected chi connectivity index (χ2v) is 8.49. The van der Waals surface area contributed by atoms with Crippen LogP contribution in [0.5, 0.6) is 5.75 Å². The molecule has 2 aromatic carbocycles. The molecule has 31 heavy (non-hydrogen) atoms. The van der Waals surface area contributed by atoms with Crippen molar-refractivity contribution in [1.82, 2.24) is 9.55 Å². The van der Waals surface area contributed by atoms with Crippen molar-refractivity contribution in [3.63, 3.8) is 0 Å². The average molecular weight is 445 g/mol. The van der Waals surface area contributed by atoms with E-state index in [0.717, 1.165) is 23.7 Å². The third-order valence-electron chi connectivity index (χ3n) is 4.84. The maximum Gasteiger partial charge on any atom is 0.313 e. The van der Waals surface area contributed by atoms with Gasteiger partial charge in [-0.2, -0.15) is 8.42 Å². The number of rotatable bonds is 9. The second-order valence-electron chi connectivity index (χ2n) is 7.12. The lowest BCUT2D eigenvalue weighted by atomic mass is 9.92. The van der Waals surface area contributed by atoms with Crippen molar-refractivity contribution in [3.8, 4) is 5.75 Å². The van der Waals surface area contributed by atoms with E-state index in [4.69, 9.17) is 16.2 Å². The zero-order chi connectivity index (χ0) is 22.6. The molecular formula is C21H24N4O5S. The van der Waals surface area contributed by atoms with Crippen molar-refractivity contribution in [2.24, 2.45) is 18.5 Å². The van der Waals surface area contributed by atoms with E-state index in [9.17, 15) is 17.8 Å². The van der Waals surface area contributed by atoms with Crippen LogP contribution >= 0.6 is 0 Å². The predicted molar refractivity (Wildman–Crippen MR) is 114 cm³/mol. The molecule has 3 aromatic rings. The fourth-order valence-electron chi connectivity index (χ4n) is 3.27. The molecule has 0 fully saturated rings. The van der Waals surface area contributed by atoms with E-state index in [0.29, 0.717) is 12.3 Å². The van der Waals surface area contributed by atoms with Crippen LogP contribution in [-0.4, -0.2) is 35.0 Å². The number of nitrogens with zero attached hydrogens (tertiary/aromatic N) is 2. The number of primary amides is 1. The van der Waals surface area contributed by atoms with E-state index >= 15 is 0 Å². The van der Waals surface area contributed by atoms with Gasteiger partial charge < -0.3 is 20.8 Å². The first-order valence-corrected chi connectivity index (χ1v) is 10.9. The molecule has 10 heteroatoms. The lowest BCUT2D eigenvalue weighted by Gasteiger charge is -2.19. The quantitative estimate of drug-likeness (QED) is 0.424. The lowest BCUT2D eigenvalue weighted by Crippen LogP contribution is -2.28. The van der Waals surface area contributed by atoms with Gasteiger partial charge in [-0.15, -0.1) is 0 Å².